The van der Waals surface area contributed by atoms with E-state index in [1.807, 2.05) is 18.2 Å². The van der Waals surface area contributed by atoms with Crippen LogP contribution in [-0.4, -0.2) is 24.2 Å². The lowest BCUT2D eigenvalue weighted by molar-refractivity contribution is 0.127. The number of hydrogen-bond donors (Lipinski definition) is 1. The second-order valence-electron chi connectivity index (χ2n) is 5.16. The highest BCUT2D eigenvalue weighted by molar-refractivity contribution is 7.09. The van der Waals surface area contributed by atoms with Crippen LogP contribution in [0.2, 0.25) is 0 Å². The van der Waals surface area contributed by atoms with Crippen LogP contribution in [0.4, 0.5) is 0 Å². The Bertz CT molecular complexity index is 508. The maximum absolute atomic E-state index is 5.19. The van der Waals surface area contributed by atoms with E-state index in [9.17, 15) is 0 Å². The van der Waals surface area contributed by atoms with Crippen LogP contribution in [0.3, 0.4) is 0 Å². The van der Waals surface area contributed by atoms with Crippen LogP contribution >= 0.6 is 11.3 Å². The number of benzene rings is 1. The number of thiazole rings is 1. The number of hydrogen-bond acceptors (Lipinski definition) is 4. The molecule has 0 aliphatic heterocycles. The summed E-state index contributed by atoms with van der Waals surface area (Å²) in [6.07, 6.45) is 0. The minimum Gasteiger partial charge on any atom is -0.383 e. The van der Waals surface area contributed by atoms with Crippen molar-refractivity contribution >= 4 is 11.3 Å². The fourth-order valence-corrected chi connectivity index (χ4v) is 2.60. The summed E-state index contributed by atoms with van der Waals surface area (Å²) in [7, 11) is 1.72. The van der Waals surface area contributed by atoms with E-state index in [1.54, 1.807) is 18.4 Å². The molecule has 0 aliphatic rings. The highest BCUT2D eigenvalue weighted by Crippen LogP contribution is 2.21. The van der Waals surface area contributed by atoms with Crippen molar-refractivity contribution in [3.63, 3.8) is 0 Å². The molecule has 1 N–H and O–H groups in total. The zero-order valence-corrected chi connectivity index (χ0v) is 12.5. The van der Waals surface area contributed by atoms with E-state index < -0.39 is 0 Å². The number of methoxy groups -OCH3 is 1. The largest absolute Gasteiger partial charge is 0.383 e. The van der Waals surface area contributed by atoms with Crippen molar-refractivity contribution in [2.75, 3.05) is 13.7 Å². The van der Waals surface area contributed by atoms with Gasteiger partial charge in [0.15, 0.2) is 0 Å². The Kier molecular flexibility index (Phi) is 4.69. The topological polar surface area (TPSA) is 34.1 Å². The summed E-state index contributed by atoms with van der Waals surface area (Å²) in [5.74, 6) is 0. The first-order valence-electron chi connectivity index (χ1n) is 6.34. The Morgan fingerprint density at radius 2 is 2.00 bits per heavy atom. The van der Waals surface area contributed by atoms with Crippen molar-refractivity contribution in [1.82, 2.24) is 10.3 Å². The first kappa shape index (κ1) is 14.2. The smallest absolute Gasteiger partial charge is 0.107 e. The molecule has 0 radical (unpaired) electrons. The van der Waals surface area contributed by atoms with Gasteiger partial charge in [-0.25, -0.2) is 4.98 Å². The van der Waals surface area contributed by atoms with Gasteiger partial charge in [-0.05, 0) is 13.8 Å². The maximum Gasteiger partial charge on any atom is 0.107 e. The van der Waals surface area contributed by atoms with Gasteiger partial charge in [0.05, 0.1) is 12.3 Å². The van der Waals surface area contributed by atoms with Crippen LogP contribution in [-0.2, 0) is 11.3 Å². The monoisotopic (exact) mass is 276 g/mol. The third-order valence-electron chi connectivity index (χ3n) is 2.84. The van der Waals surface area contributed by atoms with Gasteiger partial charge in [0.1, 0.15) is 5.01 Å². The molecule has 1 aromatic heterocycles. The standard InChI is InChI=1S/C15H20N2OS/c1-15(2,11-18-3)16-9-14-17-13(10-19-14)12-7-5-4-6-8-12/h4-8,10,16H,9,11H2,1-3H3. The summed E-state index contributed by atoms with van der Waals surface area (Å²) in [5, 5.41) is 6.67. The molecule has 0 spiro atoms. The average Bonchev–Trinajstić information content (AvgIpc) is 2.86. The number of ether oxygens (including phenoxy) is 1. The summed E-state index contributed by atoms with van der Waals surface area (Å²) in [5.41, 5.74) is 2.18. The zero-order valence-electron chi connectivity index (χ0n) is 11.6. The lowest BCUT2D eigenvalue weighted by atomic mass is 10.1. The molecule has 0 saturated heterocycles. The predicted octanol–water partition coefficient (Wildman–Crippen LogP) is 3.32. The SMILES string of the molecule is COCC(C)(C)NCc1nc(-c2ccccc2)cs1. The third kappa shape index (κ3) is 4.13. The molecule has 0 fully saturated rings. The number of nitrogens with one attached hydrogen (secondary N) is 1. The van der Waals surface area contributed by atoms with Crippen LogP contribution in [0.5, 0.6) is 0 Å². The predicted molar refractivity (Wildman–Crippen MR) is 80.3 cm³/mol. The van der Waals surface area contributed by atoms with Gasteiger partial charge >= 0.3 is 0 Å². The normalized spacial score (nSPS) is 11.7. The number of aromatic nitrogens is 1. The lowest BCUT2D eigenvalue weighted by Gasteiger charge is -2.24. The molecule has 0 atom stereocenters. The van der Waals surface area contributed by atoms with E-state index in [4.69, 9.17) is 4.74 Å². The number of nitrogens with zero attached hydrogens (tertiary/aromatic N) is 1. The molecule has 2 aromatic rings. The Balaban J connectivity index is 1.99. The van der Waals surface area contributed by atoms with Crippen molar-refractivity contribution in [2.24, 2.45) is 0 Å². The maximum atomic E-state index is 5.19. The van der Waals surface area contributed by atoms with Crippen LogP contribution in [0, 0.1) is 0 Å². The van der Waals surface area contributed by atoms with Crippen molar-refractivity contribution in [2.45, 2.75) is 25.9 Å². The van der Waals surface area contributed by atoms with Gasteiger partial charge in [0.2, 0.25) is 0 Å². The molecule has 2 rings (SSSR count). The fourth-order valence-electron chi connectivity index (χ4n) is 1.86. The highest BCUT2D eigenvalue weighted by atomic mass is 32.1. The first-order chi connectivity index (χ1) is 9.11. The summed E-state index contributed by atoms with van der Waals surface area (Å²) in [6.45, 7) is 5.71. The molecule has 0 bridgehead atoms. The van der Waals surface area contributed by atoms with Gasteiger partial charge in [0, 0.05) is 30.1 Å². The summed E-state index contributed by atoms with van der Waals surface area (Å²) >= 11 is 1.69. The Morgan fingerprint density at radius 3 is 2.68 bits per heavy atom. The molecule has 0 amide bonds. The molecule has 0 aliphatic carbocycles. The molecule has 1 heterocycles. The highest BCUT2D eigenvalue weighted by Gasteiger charge is 2.17. The van der Waals surface area contributed by atoms with Crippen LogP contribution in [0.15, 0.2) is 35.7 Å². The minimum absolute atomic E-state index is 0.0344. The van der Waals surface area contributed by atoms with E-state index in [1.165, 1.54) is 5.56 Å². The van der Waals surface area contributed by atoms with Gasteiger partial charge in [-0.15, -0.1) is 11.3 Å². The second-order valence-corrected chi connectivity index (χ2v) is 6.11. The molecule has 1 aromatic carbocycles. The quantitative estimate of drug-likeness (QED) is 0.879. The first-order valence-corrected chi connectivity index (χ1v) is 7.22. The molecular weight excluding hydrogens is 256 g/mol. The second kappa shape index (κ2) is 6.28. The van der Waals surface area contributed by atoms with Crippen LogP contribution in [0.25, 0.3) is 11.3 Å². The third-order valence-corrected chi connectivity index (χ3v) is 3.69. The Hall–Kier alpha value is -1.23. The van der Waals surface area contributed by atoms with Crippen molar-refractivity contribution in [3.05, 3.63) is 40.7 Å². The lowest BCUT2D eigenvalue weighted by Crippen LogP contribution is -2.42. The molecular formula is C15H20N2OS. The molecule has 0 unspecified atom stereocenters. The summed E-state index contributed by atoms with van der Waals surface area (Å²) < 4.78 is 5.19. The minimum atomic E-state index is -0.0344. The van der Waals surface area contributed by atoms with Gasteiger partial charge in [-0.1, -0.05) is 30.3 Å². The molecule has 102 valence electrons. The van der Waals surface area contributed by atoms with E-state index in [0.717, 1.165) is 17.2 Å². The zero-order chi connectivity index (χ0) is 13.7. The van der Waals surface area contributed by atoms with Crippen LogP contribution in [0.1, 0.15) is 18.9 Å². The Morgan fingerprint density at radius 1 is 1.26 bits per heavy atom. The van der Waals surface area contributed by atoms with E-state index in [0.29, 0.717) is 6.61 Å². The van der Waals surface area contributed by atoms with E-state index >= 15 is 0 Å². The molecule has 19 heavy (non-hydrogen) atoms. The van der Waals surface area contributed by atoms with Gasteiger partial charge in [0.25, 0.3) is 0 Å². The van der Waals surface area contributed by atoms with Crippen LogP contribution < -0.4 is 5.32 Å². The molecule has 3 nitrogen and oxygen atoms in total. The molecule has 0 saturated carbocycles. The van der Waals surface area contributed by atoms with Gasteiger partial charge in [-0.2, -0.15) is 0 Å². The van der Waals surface area contributed by atoms with Crippen molar-refractivity contribution < 1.29 is 4.74 Å². The summed E-state index contributed by atoms with van der Waals surface area (Å²) in [6, 6.07) is 10.3. The number of rotatable bonds is 6. The fraction of sp³-hybridized carbons (Fsp3) is 0.400. The van der Waals surface area contributed by atoms with Crippen molar-refractivity contribution in [3.8, 4) is 11.3 Å². The van der Waals surface area contributed by atoms with Crippen molar-refractivity contribution in [1.29, 1.82) is 0 Å². The van der Waals surface area contributed by atoms with E-state index in [2.05, 4.69) is 41.7 Å². The average molecular weight is 276 g/mol. The van der Waals surface area contributed by atoms with Gasteiger partial charge < -0.3 is 10.1 Å². The Labute approximate surface area is 118 Å². The summed E-state index contributed by atoms with van der Waals surface area (Å²) in [4.78, 5) is 4.66. The molecule has 4 heteroatoms. The van der Waals surface area contributed by atoms with E-state index in [-0.39, 0.29) is 5.54 Å². The van der Waals surface area contributed by atoms with Gasteiger partial charge in [-0.3, -0.25) is 0 Å².